The highest BCUT2D eigenvalue weighted by atomic mass is 16.6. The molecule has 1 unspecified atom stereocenters. The smallest absolute Gasteiger partial charge is 0.411 e. The molecule has 1 aromatic rings. The zero-order valence-corrected chi connectivity index (χ0v) is 16.6. The number of hydrogen-bond acceptors (Lipinski definition) is 2. The van der Waals surface area contributed by atoms with Crippen LogP contribution in [-0.4, -0.2) is 23.1 Å². The van der Waals surface area contributed by atoms with E-state index in [0.29, 0.717) is 6.54 Å². The summed E-state index contributed by atoms with van der Waals surface area (Å²) in [6, 6.07) is 10.0. The maximum atomic E-state index is 12.8. The molecule has 0 aliphatic rings. The molecule has 25 heavy (non-hydrogen) atoms. The summed E-state index contributed by atoms with van der Waals surface area (Å²) < 4.78 is 5.66. The summed E-state index contributed by atoms with van der Waals surface area (Å²) in [5, 5.41) is 0. The second-order valence-corrected chi connectivity index (χ2v) is 7.14. The fourth-order valence-corrected chi connectivity index (χ4v) is 2.78. The molecule has 0 spiro atoms. The summed E-state index contributed by atoms with van der Waals surface area (Å²) >= 11 is 0. The van der Waals surface area contributed by atoms with E-state index in [4.69, 9.17) is 4.74 Å². The topological polar surface area (TPSA) is 29.5 Å². The number of hydrogen-bond donors (Lipinski definition) is 0. The van der Waals surface area contributed by atoms with Crippen molar-refractivity contribution in [3.8, 4) is 0 Å². The van der Waals surface area contributed by atoms with E-state index < -0.39 is 5.60 Å². The molecular weight excluding hydrogens is 310 g/mol. The quantitative estimate of drug-likeness (QED) is 0.545. The van der Waals surface area contributed by atoms with Crippen LogP contribution in [0.3, 0.4) is 0 Å². The van der Waals surface area contributed by atoms with Gasteiger partial charge in [0.2, 0.25) is 0 Å². The van der Waals surface area contributed by atoms with Gasteiger partial charge in [0.25, 0.3) is 0 Å². The Balaban J connectivity index is 3.33. The Morgan fingerprint density at radius 3 is 2.36 bits per heavy atom. The third kappa shape index (κ3) is 6.80. The van der Waals surface area contributed by atoms with Gasteiger partial charge in [0, 0.05) is 6.54 Å². The highest BCUT2D eigenvalue weighted by Crippen LogP contribution is 2.32. The average molecular weight is 344 g/mol. The van der Waals surface area contributed by atoms with E-state index in [1.165, 1.54) is 0 Å². The maximum Gasteiger partial charge on any atom is 0.411 e. The van der Waals surface area contributed by atoms with Crippen LogP contribution in [0, 0.1) is 0 Å². The molecule has 0 aromatic heterocycles. The van der Waals surface area contributed by atoms with Crippen LogP contribution in [-0.2, 0) is 4.74 Å². The van der Waals surface area contributed by atoms with Gasteiger partial charge in [-0.1, -0.05) is 43.7 Å². The van der Waals surface area contributed by atoms with Crippen LogP contribution in [0.15, 0.2) is 47.7 Å². The van der Waals surface area contributed by atoms with Crippen molar-refractivity contribution in [1.29, 1.82) is 0 Å². The predicted octanol–water partition coefficient (Wildman–Crippen LogP) is 6.28. The van der Waals surface area contributed by atoms with Crippen molar-refractivity contribution in [2.45, 2.75) is 72.4 Å². The molecule has 0 saturated heterocycles. The van der Waals surface area contributed by atoms with Gasteiger partial charge in [0.15, 0.2) is 0 Å². The van der Waals surface area contributed by atoms with Gasteiger partial charge in [-0.05, 0) is 64.7 Å². The summed E-state index contributed by atoms with van der Waals surface area (Å²) in [6.45, 7) is 12.4. The summed E-state index contributed by atoms with van der Waals surface area (Å²) in [6.07, 6.45) is 4.75. The van der Waals surface area contributed by atoms with Crippen LogP contribution in [0.1, 0.15) is 72.4 Å². The first-order valence-corrected chi connectivity index (χ1v) is 9.28. The van der Waals surface area contributed by atoms with E-state index in [-0.39, 0.29) is 12.1 Å². The van der Waals surface area contributed by atoms with Crippen molar-refractivity contribution in [3.63, 3.8) is 0 Å². The summed E-state index contributed by atoms with van der Waals surface area (Å²) in [5.41, 5.74) is 5.10. The summed E-state index contributed by atoms with van der Waals surface area (Å²) in [4.78, 5) is 14.6. The van der Waals surface area contributed by atoms with Crippen LogP contribution in [0.25, 0.3) is 0 Å². The molecule has 1 rings (SSSR count). The number of benzene rings is 1. The first-order chi connectivity index (χ1) is 11.8. The minimum absolute atomic E-state index is 0.149. The van der Waals surface area contributed by atoms with Crippen LogP contribution in [0.5, 0.6) is 0 Å². The molecule has 1 atom stereocenters. The number of unbranched alkanes of at least 4 members (excludes halogenated alkanes) is 1. The average Bonchev–Trinajstić information content (AvgIpc) is 2.55. The molecule has 0 fully saturated rings. The summed E-state index contributed by atoms with van der Waals surface area (Å²) in [7, 11) is 0. The van der Waals surface area contributed by atoms with E-state index in [0.717, 1.165) is 30.4 Å². The molecule has 0 aliphatic carbocycles. The Bertz CT molecular complexity index is 592. The zero-order chi connectivity index (χ0) is 18.9. The number of carbonyl (C=O) groups is 1. The molecule has 0 saturated carbocycles. The Morgan fingerprint density at radius 2 is 1.88 bits per heavy atom. The number of carbonyl (C=O) groups excluding carboxylic acids is 1. The van der Waals surface area contributed by atoms with Gasteiger partial charge in [0.1, 0.15) is 5.60 Å². The van der Waals surface area contributed by atoms with E-state index >= 15 is 0 Å². The van der Waals surface area contributed by atoms with Crippen LogP contribution >= 0.6 is 0 Å². The first kappa shape index (κ1) is 21.1. The molecule has 3 heteroatoms. The lowest BCUT2D eigenvalue weighted by atomic mass is 9.93. The van der Waals surface area contributed by atoms with Gasteiger partial charge in [0.05, 0.1) is 6.04 Å². The predicted molar refractivity (Wildman–Crippen MR) is 105 cm³/mol. The van der Waals surface area contributed by atoms with E-state index in [9.17, 15) is 4.79 Å². The lowest BCUT2D eigenvalue weighted by Gasteiger charge is -2.34. The van der Waals surface area contributed by atoms with Crippen LogP contribution < -0.4 is 0 Å². The molecule has 0 N–H and O–H groups in total. The van der Waals surface area contributed by atoms with Crippen LogP contribution in [0.4, 0.5) is 4.79 Å². The Kier molecular flexibility index (Phi) is 8.51. The highest BCUT2D eigenvalue weighted by molar-refractivity contribution is 5.69. The third-order valence-corrected chi connectivity index (χ3v) is 3.86. The fraction of sp³-hybridized carbons (Fsp3) is 0.545. The Morgan fingerprint density at radius 1 is 1.24 bits per heavy atom. The fourth-order valence-electron chi connectivity index (χ4n) is 2.78. The molecule has 3 nitrogen and oxygen atoms in total. The molecule has 0 radical (unpaired) electrons. The normalized spacial score (nSPS) is 12.1. The monoisotopic (exact) mass is 343 g/mol. The summed E-state index contributed by atoms with van der Waals surface area (Å²) in [5.74, 6) is 0. The van der Waals surface area contributed by atoms with Gasteiger partial charge in [-0.25, -0.2) is 4.79 Å². The maximum absolute atomic E-state index is 12.8. The largest absolute Gasteiger partial charge is 0.444 e. The number of rotatable bonds is 7. The van der Waals surface area contributed by atoms with E-state index in [1.807, 2.05) is 63.8 Å². The third-order valence-electron chi connectivity index (χ3n) is 3.86. The minimum Gasteiger partial charge on any atom is -0.444 e. The molecular formula is C22H33NO2. The SMILES string of the molecule is CC=C=C(CCCC)C(c1ccccc1)N(CC)C(=O)OC(C)(C)C. The van der Waals surface area contributed by atoms with Gasteiger partial charge in [-0.15, -0.1) is 5.73 Å². The highest BCUT2D eigenvalue weighted by Gasteiger charge is 2.30. The minimum atomic E-state index is -0.514. The Hall–Kier alpha value is -1.99. The molecule has 0 heterocycles. The second-order valence-electron chi connectivity index (χ2n) is 7.14. The van der Waals surface area contributed by atoms with Crippen molar-refractivity contribution >= 4 is 6.09 Å². The van der Waals surface area contributed by atoms with Crippen molar-refractivity contribution in [2.75, 3.05) is 6.54 Å². The van der Waals surface area contributed by atoms with Crippen molar-refractivity contribution in [1.82, 2.24) is 4.90 Å². The molecule has 0 bridgehead atoms. The first-order valence-electron chi connectivity index (χ1n) is 9.28. The van der Waals surface area contributed by atoms with Crippen LogP contribution in [0.2, 0.25) is 0 Å². The van der Waals surface area contributed by atoms with Crippen molar-refractivity contribution in [3.05, 3.63) is 53.3 Å². The van der Waals surface area contributed by atoms with Gasteiger partial charge in [-0.3, -0.25) is 4.90 Å². The van der Waals surface area contributed by atoms with Gasteiger partial charge >= 0.3 is 6.09 Å². The Labute approximate surface area is 153 Å². The second kappa shape index (κ2) is 10.1. The zero-order valence-electron chi connectivity index (χ0n) is 16.6. The number of ether oxygens (including phenoxy) is 1. The van der Waals surface area contributed by atoms with E-state index in [2.05, 4.69) is 24.8 Å². The van der Waals surface area contributed by atoms with Crippen molar-refractivity contribution in [2.24, 2.45) is 0 Å². The molecule has 0 aliphatic heterocycles. The van der Waals surface area contributed by atoms with Gasteiger partial charge < -0.3 is 4.74 Å². The molecule has 1 aromatic carbocycles. The lowest BCUT2D eigenvalue weighted by molar-refractivity contribution is 0.0197. The van der Waals surface area contributed by atoms with E-state index in [1.54, 1.807) is 0 Å². The number of amides is 1. The number of likely N-dealkylation sites (N-methyl/N-ethyl adjacent to an activating group) is 1. The lowest BCUT2D eigenvalue weighted by Crippen LogP contribution is -2.39. The molecule has 138 valence electrons. The molecule has 1 amide bonds. The number of nitrogens with zero attached hydrogens (tertiary/aromatic N) is 1. The van der Waals surface area contributed by atoms with Gasteiger partial charge in [-0.2, -0.15) is 0 Å². The standard InChI is InChI=1S/C22H33NO2/c1-7-10-15-18(14-8-2)20(19-16-12-11-13-17-19)23(9-3)21(24)25-22(4,5)6/h8,11-13,16-17,20H,7,9-10,15H2,1-6H3. The van der Waals surface area contributed by atoms with Crippen molar-refractivity contribution < 1.29 is 9.53 Å².